The maximum atomic E-state index is 2.65. The van der Waals surface area contributed by atoms with Gasteiger partial charge in [-0.15, -0.1) is 0 Å². The van der Waals surface area contributed by atoms with Gasteiger partial charge in [0.25, 0.3) is 0 Å². The molecule has 0 aromatic rings. The summed E-state index contributed by atoms with van der Waals surface area (Å²) in [5.74, 6) is 1.55. The summed E-state index contributed by atoms with van der Waals surface area (Å²) in [4.78, 5) is 7.69. The van der Waals surface area contributed by atoms with E-state index in [2.05, 4.69) is 49.4 Å². The number of piperazine rings is 1. The monoisotopic (exact) mass is 255 g/mol. The second-order valence-corrected chi connectivity index (χ2v) is 6.69. The van der Waals surface area contributed by atoms with Crippen molar-refractivity contribution in [2.24, 2.45) is 11.8 Å². The molecule has 18 heavy (non-hydrogen) atoms. The molecule has 1 fully saturated rings. The third-order valence-corrected chi connectivity index (χ3v) is 3.58. The highest BCUT2D eigenvalue weighted by atomic mass is 15.3. The highest BCUT2D eigenvalue weighted by molar-refractivity contribution is 4.71. The van der Waals surface area contributed by atoms with Gasteiger partial charge >= 0.3 is 0 Å². The molecular weight excluding hydrogens is 222 g/mol. The number of nitrogens with zero attached hydrogens (tertiary/aromatic N) is 3. The van der Waals surface area contributed by atoms with Gasteiger partial charge in [-0.2, -0.15) is 0 Å². The molecular formula is C15H33N3. The summed E-state index contributed by atoms with van der Waals surface area (Å²) in [5, 5.41) is 0. The molecule has 0 amide bonds. The molecule has 1 rings (SSSR count). The van der Waals surface area contributed by atoms with Gasteiger partial charge in [0.1, 0.15) is 0 Å². The highest BCUT2D eigenvalue weighted by Crippen LogP contribution is 2.05. The SMILES string of the molecule is CC(C)CN(CCN1CCN(C)CC1)CC(C)C. The Morgan fingerprint density at radius 2 is 1.39 bits per heavy atom. The maximum absolute atomic E-state index is 2.65. The van der Waals surface area contributed by atoms with E-state index in [0.29, 0.717) is 0 Å². The minimum Gasteiger partial charge on any atom is -0.304 e. The van der Waals surface area contributed by atoms with Gasteiger partial charge in [0, 0.05) is 52.4 Å². The first-order valence-corrected chi connectivity index (χ1v) is 7.60. The summed E-state index contributed by atoms with van der Waals surface area (Å²) in [7, 11) is 2.22. The molecule has 0 spiro atoms. The first-order valence-electron chi connectivity index (χ1n) is 7.60. The lowest BCUT2D eigenvalue weighted by Crippen LogP contribution is -2.47. The summed E-state index contributed by atoms with van der Waals surface area (Å²) < 4.78 is 0. The lowest BCUT2D eigenvalue weighted by Gasteiger charge is -2.34. The Morgan fingerprint density at radius 1 is 0.889 bits per heavy atom. The lowest BCUT2D eigenvalue weighted by molar-refractivity contribution is 0.127. The van der Waals surface area contributed by atoms with Crippen molar-refractivity contribution in [3.63, 3.8) is 0 Å². The van der Waals surface area contributed by atoms with Crippen molar-refractivity contribution in [3.05, 3.63) is 0 Å². The van der Waals surface area contributed by atoms with Crippen molar-refractivity contribution < 1.29 is 0 Å². The van der Waals surface area contributed by atoms with Crippen molar-refractivity contribution in [1.82, 2.24) is 14.7 Å². The molecule has 1 saturated heterocycles. The van der Waals surface area contributed by atoms with E-state index < -0.39 is 0 Å². The average molecular weight is 255 g/mol. The van der Waals surface area contributed by atoms with Crippen LogP contribution in [0.5, 0.6) is 0 Å². The van der Waals surface area contributed by atoms with E-state index >= 15 is 0 Å². The summed E-state index contributed by atoms with van der Waals surface area (Å²) >= 11 is 0. The molecule has 0 aromatic heterocycles. The number of rotatable bonds is 7. The van der Waals surface area contributed by atoms with E-state index in [1.807, 2.05) is 0 Å². The van der Waals surface area contributed by atoms with Crippen LogP contribution in [0.15, 0.2) is 0 Å². The standard InChI is InChI=1S/C15H33N3/c1-14(2)12-18(13-15(3)4)11-10-17-8-6-16(5)7-9-17/h14-15H,6-13H2,1-5H3. The Kier molecular flexibility index (Phi) is 7.20. The Bertz CT molecular complexity index is 198. The molecule has 1 aliphatic heterocycles. The van der Waals surface area contributed by atoms with Gasteiger partial charge in [-0.25, -0.2) is 0 Å². The lowest BCUT2D eigenvalue weighted by atomic mass is 10.1. The zero-order valence-corrected chi connectivity index (χ0v) is 13.2. The molecule has 0 bridgehead atoms. The van der Waals surface area contributed by atoms with Crippen molar-refractivity contribution in [1.29, 1.82) is 0 Å². The van der Waals surface area contributed by atoms with Gasteiger partial charge in [0.2, 0.25) is 0 Å². The smallest absolute Gasteiger partial charge is 0.0110 e. The Morgan fingerprint density at radius 3 is 1.83 bits per heavy atom. The predicted octanol–water partition coefficient (Wildman–Crippen LogP) is 1.85. The van der Waals surface area contributed by atoms with E-state index in [0.717, 1.165) is 11.8 Å². The molecule has 0 atom stereocenters. The molecule has 3 heteroatoms. The van der Waals surface area contributed by atoms with E-state index in [9.17, 15) is 0 Å². The zero-order valence-electron chi connectivity index (χ0n) is 13.2. The van der Waals surface area contributed by atoms with Gasteiger partial charge in [0.05, 0.1) is 0 Å². The van der Waals surface area contributed by atoms with Crippen LogP contribution in [0.3, 0.4) is 0 Å². The molecule has 0 aromatic carbocycles. The second-order valence-electron chi connectivity index (χ2n) is 6.69. The van der Waals surface area contributed by atoms with E-state index in [1.54, 1.807) is 0 Å². The van der Waals surface area contributed by atoms with Crippen LogP contribution < -0.4 is 0 Å². The largest absolute Gasteiger partial charge is 0.304 e. The van der Waals surface area contributed by atoms with Gasteiger partial charge < -0.3 is 9.80 Å². The fourth-order valence-corrected chi connectivity index (χ4v) is 2.64. The second kappa shape index (κ2) is 8.13. The summed E-state index contributed by atoms with van der Waals surface area (Å²) in [6.45, 7) is 19.2. The normalized spacial score (nSPS) is 19.3. The molecule has 108 valence electrons. The minimum atomic E-state index is 0.774. The van der Waals surface area contributed by atoms with Gasteiger partial charge in [-0.3, -0.25) is 4.90 Å². The molecule has 1 aliphatic rings. The topological polar surface area (TPSA) is 9.72 Å². The van der Waals surface area contributed by atoms with Crippen LogP contribution in [-0.4, -0.2) is 74.1 Å². The van der Waals surface area contributed by atoms with Gasteiger partial charge in [-0.05, 0) is 18.9 Å². The fourth-order valence-electron chi connectivity index (χ4n) is 2.64. The highest BCUT2D eigenvalue weighted by Gasteiger charge is 2.15. The minimum absolute atomic E-state index is 0.774. The van der Waals surface area contributed by atoms with Crippen LogP contribution in [-0.2, 0) is 0 Å². The van der Waals surface area contributed by atoms with Crippen LogP contribution in [0.4, 0.5) is 0 Å². The van der Waals surface area contributed by atoms with Gasteiger partial charge in [-0.1, -0.05) is 27.7 Å². The van der Waals surface area contributed by atoms with E-state index in [1.165, 1.54) is 52.4 Å². The Labute approximate surface area is 114 Å². The van der Waals surface area contributed by atoms with Crippen molar-refractivity contribution in [3.8, 4) is 0 Å². The van der Waals surface area contributed by atoms with Crippen LogP contribution in [0.2, 0.25) is 0 Å². The zero-order chi connectivity index (χ0) is 13.5. The Balaban J connectivity index is 2.27. The number of likely N-dealkylation sites (N-methyl/N-ethyl adjacent to an activating group) is 1. The number of hydrogen-bond donors (Lipinski definition) is 0. The van der Waals surface area contributed by atoms with Crippen LogP contribution >= 0.6 is 0 Å². The first-order chi connectivity index (χ1) is 8.47. The van der Waals surface area contributed by atoms with Crippen molar-refractivity contribution in [2.75, 3.05) is 59.4 Å². The predicted molar refractivity (Wildman–Crippen MR) is 80.1 cm³/mol. The van der Waals surface area contributed by atoms with Crippen LogP contribution in [0.25, 0.3) is 0 Å². The average Bonchev–Trinajstić information content (AvgIpc) is 2.26. The van der Waals surface area contributed by atoms with Gasteiger partial charge in [0.15, 0.2) is 0 Å². The Hall–Kier alpha value is -0.120. The van der Waals surface area contributed by atoms with Crippen molar-refractivity contribution >= 4 is 0 Å². The van der Waals surface area contributed by atoms with Crippen LogP contribution in [0.1, 0.15) is 27.7 Å². The molecule has 0 radical (unpaired) electrons. The van der Waals surface area contributed by atoms with E-state index in [-0.39, 0.29) is 0 Å². The molecule has 0 unspecified atom stereocenters. The third kappa shape index (κ3) is 6.72. The summed E-state index contributed by atoms with van der Waals surface area (Å²) in [6.07, 6.45) is 0. The first kappa shape index (κ1) is 15.9. The molecule has 1 heterocycles. The number of hydrogen-bond acceptors (Lipinski definition) is 3. The summed E-state index contributed by atoms with van der Waals surface area (Å²) in [5.41, 5.74) is 0. The molecule has 3 nitrogen and oxygen atoms in total. The summed E-state index contributed by atoms with van der Waals surface area (Å²) in [6, 6.07) is 0. The molecule has 0 saturated carbocycles. The quantitative estimate of drug-likeness (QED) is 0.687. The van der Waals surface area contributed by atoms with Crippen molar-refractivity contribution in [2.45, 2.75) is 27.7 Å². The van der Waals surface area contributed by atoms with E-state index in [4.69, 9.17) is 0 Å². The van der Waals surface area contributed by atoms with Crippen LogP contribution in [0, 0.1) is 11.8 Å². The maximum Gasteiger partial charge on any atom is 0.0110 e. The molecule has 0 aliphatic carbocycles. The third-order valence-electron chi connectivity index (χ3n) is 3.58. The molecule has 0 N–H and O–H groups in total. The fraction of sp³-hybridized carbons (Fsp3) is 1.00.